The second-order valence-corrected chi connectivity index (χ2v) is 7.72. The molecule has 1 atom stereocenters. The number of amides is 1. The number of rotatable bonds is 5. The lowest BCUT2D eigenvalue weighted by Crippen LogP contribution is -2.52. The smallest absolute Gasteiger partial charge is 0.240 e. The van der Waals surface area contributed by atoms with Crippen molar-refractivity contribution in [1.29, 1.82) is 0 Å². The van der Waals surface area contributed by atoms with Crippen molar-refractivity contribution in [2.24, 2.45) is 5.73 Å². The average molecular weight is 362 g/mol. The molecule has 0 bridgehead atoms. The summed E-state index contributed by atoms with van der Waals surface area (Å²) in [6.07, 6.45) is 3.39. The highest BCUT2D eigenvalue weighted by atomic mass is 35.5. The molecule has 1 saturated carbocycles. The minimum absolute atomic E-state index is 0. The molecule has 23 heavy (non-hydrogen) atoms. The number of sulfonamides is 1. The third-order valence-corrected chi connectivity index (χ3v) is 5.68. The molecule has 1 fully saturated rings. The van der Waals surface area contributed by atoms with Gasteiger partial charge in [0.25, 0.3) is 0 Å². The highest BCUT2D eigenvalue weighted by Gasteiger charge is 2.37. The zero-order chi connectivity index (χ0) is 16.4. The van der Waals surface area contributed by atoms with Gasteiger partial charge in [0, 0.05) is 0 Å². The maximum atomic E-state index is 12.3. The summed E-state index contributed by atoms with van der Waals surface area (Å²) in [6, 6.07) is 6.23. The summed E-state index contributed by atoms with van der Waals surface area (Å²) in [5.74, 6) is -0.135. The molecule has 0 spiro atoms. The van der Waals surface area contributed by atoms with Gasteiger partial charge in [0.1, 0.15) is 0 Å². The van der Waals surface area contributed by atoms with E-state index < -0.39 is 15.6 Å². The topological polar surface area (TPSA) is 101 Å². The quantitative estimate of drug-likeness (QED) is 0.739. The first-order chi connectivity index (χ1) is 10.3. The zero-order valence-corrected chi connectivity index (χ0v) is 15.0. The number of halogens is 1. The Hall–Kier alpha value is -1.15. The van der Waals surface area contributed by atoms with Crippen molar-refractivity contribution in [3.8, 4) is 0 Å². The largest absolute Gasteiger partial charge is 0.348 e. The van der Waals surface area contributed by atoms with E-state index in [1.165, 1.54) is 19.2 Å². The first-order valence-corrected chi connectivity index (χ1v) is 8.90. The van der Waals surface area contributed by atoms with Crippen molar-refractivity contribution >= 4 is 28.3 Å². The van der Waals surface area contributed by atoms with Crippen molar-refractivity contribution in [2.45, 2.75) is 49.1 Å². The van der Waals surface area contributed by atoms with Crippen LogP contribution < -0.4 is 15.8 Å². The van der Waals surface area contributed by atoms with Gasteiger partial charge in [-0.3, -0.25) is 4.79 Å². The summed E-state index contributed by atoms with van der Waals surface area (Å²) >= 11 is 0. The van der Waals surface area contributed by atoms with Crippen LogP contribution in [-0.4, -0.2) is 26.9 Å². The van der Waals surface area contributed by atoms with Gasteiger partial charge in [-0.1, -0.05) is 25.0 Å². The third kappa shape index (κ3) is 4.44. The molecule has 1 aliphatic rings. The third-order valence-electron chi connectivity index (χ3n) is 4.25. The molecule has 6 nitrogen and oxygen atoms in total. The predicted molar refractivity (Wildman–Crippen MR) is 91.9 cm³/mol. The molecule has 0 aliphatic heterocycles. The number of nitrogens with one attached hydrogen (secondary N) is 2. The van der Waals surface area contributed by atoms with E-state index >= 15 is 0 Å². The Balaban J connectivity index is 0.00000264. The van der Waals surface area contributed by atoms with E-state index in [-0.39, 0.29) is 29.3 Å². The fourth-order valence-electron chi connectivity index (χ4n) is 2.71. The molecule has 4 N–H and O–H groups in total. The van der Waals surface area contributed by atoms with E-state index in [0.29, 0.717) is 12.8 Å². The Labute approximate surface area is 143 Å². The molecule has 1 unspecified atom stereocenters. The molecule has 1 aliphatic carbocycles. The number of benzene rings is 1. The van der Waals surface area contributed by atoms with E-state index in [1.54, 1.807) is 12.1 Å². The molecule has 0 saturated heterocycles. The van der Waals surface area contributed by atoms with Gasteiger partial charge in [-0.2, -0.15) is 0 Å². The molecule has 1 amide bonds. The fraction of sp³-hybridized carbons (Fsp3) is 0.533. The van der Waals surface area contributed by atoms with E-state index in [2.05, 4.69) is 10.0 Å². The Kier molecular flexibility index (Phi) is 6.59. The highest BCUT2D eigenvalue weighted by Crippen LogP contribution is 2.28. The van der Waals surface area contributed by atoms with Crippen molar-refractivity contribution in [2.75, 3.05) is 7.05 Å². The Morgan fingerprint density at radius 3 is 2.22 bits per heavy atom. The molecule has 0 heterocycles. The minimum atomic E-state index is -3.44. The fourth-order valence-corrected chi connectivity index (χ4v) is 3.44. The summed E-state index contributed by atoms with van der Waals surface area (Å²) in [5, 5.41) is 2.92. The van der Waals surface area contributed by atoms with Gasteiger partial charge in [-0.15, -0.1) is 12.4 Å². The van der Waals surface area contributed by atoms with E-state index in [9.17, 15) is 13.2 Å². The van der Waals surface area contributed by atoms with E-state index in [4.69, 9.17) is 5.73 Å². The van der Waals surface area contributed by atoms with Crippen LogP contribution in [0.25, 0.3) is 0 Å². The maximum absolute atomic E-state index is 12.3. The lowest BCUT2D eigenvalue weighted by atomic mass is 9.97. The highest BCUT2D eigenvalue weighted by molar-refractivity contribution is 7.89. The van der Waals surface area contributed by atoms with Gasteiger partial charge in [-0.05, 0) is 44.5 Å². The lowest BCUT2D eigenvalue weighted by molar-refractivity contribution is -0.126. The molecule has 0 radical (unpaired) electrons. The molecular formula is C15H24ClN3O3S. The Morgan fingerprint density at radius 1 is 1.22 bits per heavy atom. The van der Waals surface area contributed by atoms with Crippen LogP contribution in [0.1, 0.15) is 44.2 Å². The van der Waals surface area contributed by atoms with Crippen LogP contribution in [0.3, 0.4) is 0 Å². The van der Waals surface area contributed by atoms with Crippen LogP contribution >= 0.6 is 12.4 Å². The van der Waals surface area contributed by atoms with Crippen molar-refractivity contribution in [3.63, 3.8) is 0 Å². The van der Waals surface area contributed by atoms with Crippen LogP contribution in [0, 0.1) is 0 Å². The number of carbonyl (C=O) groups is 1. The van der Waals surface area contributed by atoms with Crippen molar-refractivity contribution in [1.82, 2.24) is 10.0 Å². The second kappa shape index (κ2) is 7.61. The summed E-state index contributed by atoms with van der Waals surface area (Å²) in [6.45, 7) is 1.86. The molecule has 8 heteroatoms. The van der Waals surface area contributed by atoms with E-state index in [0.717, 1.165) is 18.4 Å². The van der Waals surface area contributed by atoms with E-state index in [1.807, 2.05) is 6.92 Å². The molecule has 1 aromatic rings. The normalized spacial score (nSPS) is 18.0. The maximum Gasteiger partial charge on any atom is 0.240 e. The molecule has 0 aromatic heterocycles. The lowest BCUT2D eigenvalue weighted by Gasteiger charge is -2.25. The van der Waals surface area contributed by atoms with Gasteiger partial charge in [0.05, 0.1) is 16.5 Å². The molecule has 1 aromatic carbocycles. The van der Waals surface area contributed by atoms with Crippen molar-refractivity contribution in [3.05, 3.63) is 29.8 Å². The SMILES string of the molecule is CNS(=O)(=O)c1ccc(C(C)NC(=O)C2(N)CCCC2)cc1.Cl. The molecular weight excluding hydrogens is 338 g/mol. The minimum Gasteiger partial charge on any atom is -0.348 e. The van der Waals surface area contributed by atoms with Gasteiger partial charge < -0.3 is 11.1 Å². The Morgan fingerprint density at radius 2 is 1.74 bits per heavy atom. The van der Waals surface area contributed by atoms with Gasteiger partial charge >= 0.3 is 0 Å². The predicted octanol–water partition coefficient (Wildman–Crippen LogP) is 1.47. The van der Waals surface area contributed by atoms with Crippen LogP contribution in [0.4, 0.5) is 0 Å². The summed E-state index contributed by atoms with van der Waals surface area (Å²) in [4.78, 5) is 12.5. The summed E-state index contributed by atoms with van der Waals surface area (Å²) < 4.78 is 25.6. The molecule has 2 rings (SSSR count). The first kappa shape index (κ1) is 19.9. The number of nitrogens with two attached hydrogens (primary N) is 1. The monoisotopic (exact) mass is 361 g/mol. The summed E-state index contributed by atoms with van der Waals surface area (Å²) in [5.41, 5.74) is 6.21. The number of hydrogen-bond acceptors (Lipinski definition) is 4. The first-order valence-electron chi connectivity index (χ1n) is 7.42. The van der Waals surface area contributed by atoms with Crippen LogP contribution in [0.15, 0.2) is 29.2 Å². The van der Waals surface area contributed by atoms with Crippen LogP contribution in [0.2, 0.25) is 0 Å². The van der Waals surface area contributed by atoms with Gasteiger partial charge in [0.2, 0.25) is 15.9 Å². The number of carbonyl (C=O) groups excluding carboxylic acids is 1. The van der Waals surface area contributed by atoms with Crippen molar-refractivity contribution < 1.29 is 13.2 Å². The van der Waals surface area contributed by atoms with Crippen LogP contribution in [0.5, 0.6) is 0 Å². The summed E-state index contributed by atoms with van der Waals surface area (Å²) in [7, 11) is -2.07. The second-order valence-electron chi connectivity index (χ2n) is 5.83. The zero-order valence-electron chi connectivity index (χ0n) is 13.3. The number of hydrogen-bond donors (Lipinski definition) is 3. The van der Waals surface area contributed by atoms with Crippen LogP contribution in [-0.2, 0) is 14.8 Å². The van der Waals surface area contributed by atoms with Gasteiger partial charge in [0.15, 0.2) is 0 Å². The van der Waals surface area contributed by atoms with Gasteiger partial charge in [-0.25, -0.2) is 13.1 Å². The average Bonchev–Trinajstić information content (AvgIpc) is 2.95. The Bertz CT molecular complexity index is 640. The molecule has 130 valence electrons. The standard InChI is InChI=1S/C15H23N3O3S.ClH/c1-11(18-14(19)15(16)9-3-4-10-15)12-5-7-13(8-6-12)22(20,21)17-2;/h5-8,11,17H,3-4,9-10,16H2,1-2H3,(H,18,19);1H.